The zero-order valence-electron chi connectivity index (χ0n) is 7.83. The maximum atomic E-state index is 11.4. The van der Waals surface area contributed by atoms with Crippen molar-refractivity contribution in [2.24, 2.45) is 0 Å². The molecular weight excluding hydrogens is 198 g/mol. The number of benzene rings is 1. The topological polar surface area (TPSA) is 40.9 Å². The second-order valence-corrected chi connectivity index (χ2v) is 3.37. The van der Waals surface area contributed by atoms with E-state index in [4.69, 9.17) is 16.9 Å². The fraction of sp³-hybridized carbons (Fsp3) is 0.273. The molecule has 3 heteroatoms. The number of nitrogens with zero attached hydrogens (tertiary/aromatic N) is 1. The Morgan fingerprint density at radius 2 is 2.07 bits per heavy atom. The quantitative estimate of drug-likeness (QED) is 0.765. The van der Waals surface area contributed by atoms with Crippen LogP contribution in [0, 0.1) is 11.3 Å². The summed E-state index contributed by atoms with van der Waals surface area (Å²) in [5.41, 5.74) is 0.712. The van der Waals surface area contributed by atoms with Gasteiger partial charge in [0, 0.05) is 11.4 Å². The first-order valence-corrected chi connectivity index (χ1v) is 4.74. The third-order valence-corrected chi connectivity index (χ3v) is 2.25. The molecule has 0 N–H and O–H groups in total. The molecule has 0 aliphatic carbocycles. The Kier molecular flexibility index (Phi) is 3.67. The van der Waals surface area contributed by atoms with Crippen molar-refractivity contribution in [3.63, 3.8) is 0 Å². The molecule has 1 aromatic rings. The number of halogens is 1. The largest absolute Gasteiger partial charge is 0.298 e. The van der Waals surface area contributed by atoms with E-state index in [1.54, 1.807) is 31.2 Å². The van der Waals surface area contributed by atoms with E-state index in [0.29, 0.717) is 17.0 Å². The van der Waals surface area contributed by atoms with Gasteiger partial charge in [-0.15, -0.1) is 0 Å². The molecule has 1 rings (SSSR count). The van der Waals surface area contributed by atoms with Crippen LogP contribution in [0.25, 0.3) is 0 Å². The normalized spacial score (nSPS) is 11.8. The number of hydrogen-bond donors (Lipinski definition) is 0. The Balaban J connectivity index is 2.97. The van der Waals surface area contributed by atoms with Crippen LogP contribution in [-0.4, -0.2) is 5.78 Å². The summed E-state index contributed by atoms with van der Waals surface area (Å²) >= 11 is 5.71. The van der Waals surface area contributed by atoms with Gasteiger partial charge in [0.1, 0.15) is 5.92 Å². The van der Waals surface area contributed by atoms with Crippen molar-refractivity contribution < 1.29 is 4.79 Å². The van der Waals surface area contributed by atoms with Crippen LogP contribution < -0.4 is 0 Å². The summed E-state index contributed by atoms with van der Waals surface area (Å²) in [5.74, 6) is -0.716. The lowest BCUT2D eigenvalue weighted by Gasteiger charge is -2.06. The van der Waals surface area contributed by atoms with Gasteiger partial charge in [0.15, 0.2) is 5.78 Å². The minimum absolute atomic E-state index is 0.0603. The zero-order chi connectivity index (χ0) is 10.6. The van der Waals surface area contributed by atoms with Crippen LogP contribution in [0.5, 0.6) is 0 Å². The molecule has 0 aliphatic rings. The van der Waals surface area contributed by atoms with Gasteiger partial charge in [-0.3, -0.25) is 4.79 Å². The average Bonchev–Trinajstić information content (AvgIpc) is 2.21. The number of rotatable bonds is 3. The molecule has 1 unspecified atom stereocenters. The summed E-state index contributed by atoms with van der Waals surface area (Å²) < 4.78 is 0. The van der Waals surface area contributed by atoms with Crippen molar-refractivity contribution in [3.05, 3.63) is 34.9 Å². The summed E-state index contributed by atoms with van der Waals surface area (Å²) in [7, 11) is 0. The second-order valence-electron chi connectivity index (χ2n) is 2.93. The molecule has 0 radical (unpaired) electrons. The molecule has 1 aromatic carbocycles. The number of nitriles is 1. The molecule has 0 bridgehead atoms. The van der Waals surface area contributed by atoms with Gasteiger partial charge in [0.2, 0.25) is 0 Å². The molecule has 0 spiro atoms. The van der Waals surface area contributed by atoms with E-state index in [1.165, 1.54) is 0 Å². The van der Waals surface area contributed by atoms with Gasteiger partial charge >= 0.3 is 0 Å². The molecule has 0 fully saturated rings. The molecule has 0 aromatic heterocycles. The van der Waals surface area contributed by atoms with E-state index in [-0.39, 0.29) is 5.78 Å². The third kappa shape index (κ3) is 2.34. The lowest BCUT2D eigenvalue weighted by molar-refractivity contribution is -0.119. The molecule has 0 saturated carbocycles. The number of hydrogen-bond acceptors (Lipinski definition) is 2. The molecule has 0 amide bonds. The first kappa shape index (κ1) is 10.7. The van der Waals surface area contributed by atoms with Crippen LogP contribution in [0.4, 0.5) is 0 Å². The van der Waals surface area contributed by atoms with Gasteiger partial charge in [-0.2, -0.15) is 5.26 Å². The average molecular weight is 208 g/mol. The van der Waals surface area contributed by atoms with Gasteiger partial charge in [-0.25, -0.2) is 0 Å². The van der Waals surface area contributed by atoms with Gasteiger partial charge in [0.25, 0.3) is 0 Å². The fourth-order valence-corrected chi connectivity index (χ4v) is 1.32. The van der Waals surface area contributed by atoms with Gasteiger partial charge in [-0.05, 0) is 17.7 Å². The van der Waals surface area contributed by atoms with Crippen LogP contribution in [0.15, 0.2) is 24.3 Å². The molecule has 0 heterocycles. The lowest BCUT2D eigenvalue weighted by atomic mass is 9.95. The lowest BCUT2D eigenvalue weighted by Crippen LogP contribution is -2.08. The van der Waals surface area contributed by atoms with Gasteiger partial charge in [0.05, 0.1) is 6.07 Å². The summed E-state index contributed by atoms with van der Waals surface area (Å²) in [6, 6.07) is 8.79. The van der Waals surface area contributed by atoms with Gasteiger partial charge in [-0.1, -0.05) is 30.7 Å². The Morgan fingerprint density at radius 1 is 1.50 bits per heavy atom. The Labute approximate surface area is 88.1 Å². The van der Waals surface area contributed by atoms with Crippen molar-refractivity contribution in [2.45, 2.75) is 19.3 Å². The van der Waals surface area contributed by atoms with Crippen molar-refractivity contribution in [3.8, 4) is 6.07 Å². The highest BCUT2D eigenvalue weighted by atomic mass is 35.5. The highest BCUT2D eigenvalue weighted by Crippen LogP contribution is 2.19. The fourth-order valence-electron chi connectivity index (χ4n) is 1.19. The summed E-state index contributed by atoms with van der Waals surface area (Å²) in [6.07, 6.45) is 0.376. The predicted molar refractivity (Wildman–Crippen MR) is 55.1 cm³/mol. The number of carbonyl (C=O) groups is 1. The number of Topliss-reactive ketones (excluding diaryl/α,β-unsaturated/α-hetero) is 1. The minimum Gasteiger partial charge on any atom is -0.298 e. The molecular formula is C11H10ClNO. The van der Waals surface area contributed by atoms with E-state index in [2.05, 4.69) is 0 Å². The first-order chi connectivity index (χ1) is 6.69. The maximum absolute atomic E-state index is 11.4. The smallest absolute Gasteiger partial charge is 0.154 e. The minimum atomic E-state index is -0.655. The van der Waals surface area contributed by atoms with Crippen LogP contribution in [-0.2, 0) is 4.79 Å². The van der Waals surface area contributed by atoms with E-state index in [9.17, 15) is 4.79 Å². The van der Waals surface area contributed by atoms with Crippen molar-refractivity contribution in [1.82, 2.24) is 0 Å². The van der Waals surface area contributed by atoms with Crippen molar-refractivity contribution >= 4 is 17.4 Å². The summed E-state index contributed by atoms with van der Waals surface area (Å²) in [6.45, 7) is 1.75. The zero-order valence-corrected chi connectivity index (χ0v) is 8.58. The van der Waals surface area contributed by atoms with E-state index >= 15 is 0 Å². The summed E-state index contributed by atoms with van der Waals surface area (Å²) in [5, 5.41) is 9.45. The molecule has 2 nitrogen and oxygen atoms in total. The van der Waals surface area contributed by atoms with Crippen LogP contribution in [0.1, 0.15) is 24.8 Å². The molecule has 0 saturated heterocycles. The third-order valence-electron chi connectivity index (χ3n) is 2.00. The molecule has 1 atom stereocenters. The standard InChI is InChI=1S/C11H10ClNO/c1-2-11(14)10(7-13)8-3-5-9(12)6-4-8/h3-6,10H,2H2,1H3. The second kappa shape index (κ2) is 4.78. The highest BCUT2D eigenvalue weighted by molar-refractivity contribution is 6.30. The Morgan fingerprint density at radius 3 is 2.50 bits per heavy atom. The Bertz CT molecular complexity index is 364. The SMILES string of the molecule is CCC(=O)C(C#N)c1ccc(Cl)cc1. The number of ketones is 1. The van der Waals surface area contributed by atoms with Crippen LogP contribution in [0.2, 0.25) is 5.02 Å². The highest BCUT2D eigenvalue weighted by Gasteiger charge is 2.17. The van der Waals surface area contributed by atoms with E-state index < -0.39 is 5.92 Å². The molecule has 72 valence electrons. The van der Waals surface area contributed by atoms with Crippen molar-refractivity contribution in [2.75, 3.05) is 0 Å². The molecule has 14 heavy (non-hydrogen) atoms. The van der Waals surface area contributed by atoms with Crippen molar-refractivity contribution in [1.29, 1.82) is 5.26 Å². The molecule has 0 aliphatic heterocycles. The predicted octanol–water partition coefficient (Wildman–Crippen LogP) is 2.93. The Hall–Kier alpha value is -1.33. The van der Waals surface area contributed by atoms with E-state index in [1.807, 2.05) is 6.07 Å². The monoisotopic (exact) mass is 207 g/mol. The first-order valence-electron chi connectivity index (χ1n) is 4.36. The maximum Gasteiger partial charge on any atom is 0.154 e. The van der Waals surface area contributed by atoms with E-state index in [0.717, 1.165) is 0 Å². The summed E-state index contributed by atoms with van der Waals surface area (Å²) in [4.78, 5) is 11.4. The number of carbonyl (C=O) groups excluding carboxylic acids is 1. The van der Waals surface area contributed by atoms with Gasteiger partial charge < -0.3 is 0 Å². The van der Waals surface area contributed by atoms with Crippen LogP contribution >= 0.6 is 11.6 Å². The van der Waals surface area contributed by atoms with Crippen LogP contribution in [0.3, 0.4) is 0 Å².